The number of allylic oxidation sites excluding steroid dienone is 1. The topological polar surface area (TPSA) is 84.5 Å². The van der Waals surface area contributed by atoms with Crippen LogP contribution in [0.25, 0.3) is 0 Å². The normalized spacial score (nSPS) is 34.1. The number of ether oxygens (including phenoxy) is 1. The molecule has 3 rings (SSSR count). The second kappa shape index (κ2) is 5.11. The third kappa shape index (κ3) is 2.87. The SMILES string of the molecule is CC(C)(C)OC(=O)NC1C=CC(C2CC2)C2C(=O)NC(=O)C12. The molecular weight excluding hydrogens is 284 g/mol. The van der Waals surface area contributed by atoms with Gasteiger partial charge in [0.25, 0.3) is 0 Å². The molecule has 0 radical (unpaired) electrons. The highest BCUT2D eigenvalue weighted by Gasteiger charge is 2.54. The highest BCUT2D eigenvalue weighted by atomic mass is 16.6. The molecule has 6 heteroatoms. The summed E-state index contributed by atoms with van der Waals surface area (Å²) in [4.78, 5) is 36.2. The van der Waals surface area contributed by atoms with Crippen molar-refractivity contribution in [3.05, 3.63) is 12.2 Å². The van der Waals surface area contributed by atoms with Crippen molar-refractivity contribution in [3.63, 3.8) is 0 Å². The minimum atomic E-state index is -0.605. The summed E-state index contributed by atoms with van der Waals surface area (Å²) in [5.41, 5.74) is -0.605. The number of carbonyl (C=O) groups excluding carboxylic acids is 3. The Morgan fingerprint density at radius 2 is 1.82 bits per heavy atom. The Morgan fingerprint density at radius 1 is 1.18 bits per heavy atom. The van der Waals surface area contributed by atoms with Crippen LogP contribution < -0.4 is 10.6 Å². The summed E-state index contributed by atoms with van der Waals surface area (Å²) in [5, 5.41) is 5.13. The van der Waals surface area contributed by atoms with Gasteiger partial charge in [0.2, 0.25) is 11.8 Å². The Labute approximate surface area is 129 Å². The van der Waals surface area contributed by atoms with Crippen LogP contribution in [0.3, 0.4) is 0 Å². The average Bonchev–Trinajstić information content (AvgIpc) is 3.15. The number of rotatable bonds is 2. The number of alkyl carbamates (subject to hydrolysis) is 1. The molecule has 2 N–H and O–H groups in total. The molecule has 1 saturated heterocycles. The number of imide groups is 1. The third-order valence-electron chi connectivity index (χ3n) is 4.43. The predicted octanol–water partition coefficient (Wildman–Crippen LogP) is 1.36. The van der Waals surface area contributed by atoms with Gasteiger partial charge in [0.15, 0.2) is 0 Å². The predicted molar refractivity (Wildman–Crippen MR) is 78.6 cm³/mol. The molecule has 3 aliphatic rings. The number of nitrogens with one attached hydrogen (secondary N) is 2. The van der Waals surface area contributed by atoms with Gasteiger partial charge in [-0.15, -0.1) is 0 Å². The van der Waals surface area contributed by atoms with Gasteiger partial charge in [-0.1, -0.05) is 12.2 Å². The lowest BCUT2D eigenvalue weighted by molar-refractivity contribution is -0.126. The summed E-state index contributed by atoms with van der Waals surface area (Å²) in [7, 11) is 0. The smallest absolute Gasteiger partial charge is 0.408 e. The molecule has 1 aliphatic heterocycles. The van der Waals surface area contributed by atoms with Gasteiger partial charge in [0.1, 0.15) is 5.60 Å². The number of carbonyl (C=O) groups is 3. The molecule has 120 valence electrons. The number of hydrogen-bond acceptors (Lipinski definition) is 4. The first-order chi connectivity index (χ1) is 10.3. The molecule has 6 nitrogen and oxygen atoms in total. The molecule has 2 fully saturated rings. The van der Waals surface area contributed by atoms with Crippen molar-refractivity contribution in [1.29, 1.82) is 0 Å². The van der Waals surface area contributed by atoms with Crippen LogP contribution >= 0.6 is 0 Å². The molecule has 0 bridgehead atoms. The molecule has 22 heavy (non-hydrogen) atoms. The molecule has 0 aromatic heterocycles. The zero-order valence-electron chi connectivity index (χ0n) is 13.1. The first kappa shape index (κ1) is 15.1. The van der Waals surface area contributed by atoms with Crippen LogP contribution in [-0.4, -0.2) is 29.6 Å². The van der Waals surface area contributed by atoms with E-state index >= 15 is 0 Å². The standard InChI is InChI=1S/C16H22N2O4/c1-16(2,3)22-15(21)17-10-7-6-9(8-4-5-8)11-12(10)14(20)18-13(11)19/h6-12H,4-5H2,1-3H3,(H,17,21)(H,18,19,20). The summed E-state index contributed by atoms with van der Waals surface area (Å²) in [6.45, 7) is 5.34. The van der Waals surface area contributed by atoms with E-state index in [1.807, 2.05) is 12.2 Å². The summed E-state index contributed by atoms with van der Waals surface area (Å²) < 4.78 is 5.24. The van der Waals surface area contributed by atoms with E-state index in [0.717, 1.165) is 12.8 Å². The van der Waals surface area contributed by atoms with Crippen molar-refractivity contribution in [2.75, 3.05) is 0 Å². The molecule has 4 unspecified atom stereocenters. The molecule has 1 heterocycles. The number of amides is 3. The maximum atomic E-state index is 12.1. The zero-order chi connectivity index (χ0) is 16.1. The second-order valence-electron chi connectivity index (χ2n) is 7.38. The second-order valence-corrected chi connectivity index (χ2v) is 7.38. The molecule has 4 atom stereocenters. The van der Waals surface area contributed by atoms with Gasteiger partial charge in [-0.05, 0) is 45.4 Å². The van der Waals surface area contributed by atoms with Crippen LogP contribution in [0.5, 0.6) is 0 Å². The van der Waals surface area contributed by atoms with Crippen LogP contribution in [0, 0.1) is 23.7 Å². The van der Waals surface area contributed by atoms with Crippen molar-refractivity contribution in [2.24, 2.45) is 23.7 Å². The van der Waals surface area contributed by atoms with Crippen LogP contribution in [-0.2, 0) is 14.3 Å². The van der Waals surface area contributed by atoms with Crippen molar-refractivity contribution in [3.8, 4) is 0 Å². The average molecular weight is 306 g/mol. The van der Waals surface area contributed by atoms with Crippen LogP contribution in [0.2, 0.25) is 0 Å². The van der Waals surface area contributed by atoms with Gasteiger partial charge in [-0.25, -0.2) is 4.79 Å². The largest absolute Gasteiger partial charge is 0.444 e. The summed E-state index contributed by atoms with van der Waals surface area (Å²) in [6, 6.07) is -0.499. The molecule has 0 aromatic carbocycles. The third-order valence-corrected chi connectivity index (χ3v) is 4.43. The molecule has 0 aromatic rings. The fraction of sp³-hybridized carbons (Fsp3) is 0.688. The summed E-state index contributed by atoms with van der Waals surface area (Å²) in [5.74, 6) is -0.824. The van der Waals surface area contributed by atoms with Crippen LogP contribution in [0.4, 0.5) is 4.79 Å². The van der Waals surface area contributed by atoms with Crippen molar-refractivity contribution >= 4 is 17.9 Å². The molecular formula is C16H22N2O4. The lowest BCUT2D eigenvalue weighted by Gasteiger charge is -2.33. The van der Waals surface area contributed by atoms with E-state index < -0.39 is 23.7 Å². The van der Waals surface area contributed by atoms with Crippen molar-refractivity contribution in [1.82, 2.24) is 10.6 Å². The van der Waals surface area contributed by atoms with Crippen molar-refractivity contribution < 1.29 is 19.1 Å². The van der Waals surface area contributed by atoms with E-state index in [9.17, 15) is 14.4 Å². The Balaban J connectivity index is 1.77. The Morgan fingerprint density at radius 3 is 2.41 bits per heavy atom. The van der Waals surface area contributed by atoms with E-state index in [4.69, 9.17) is 4.74 Å². The maximum absolute atomic E-state index is 12.1. The molecule has 3 amide bonds. The highest BCUT2D eigenvalue weighted by molar-refractivity contribution is 6.06. The van der Waals surface area contributed by atoms with Gasteiger partial charge >= 0.3 is 6.09 Å². The first-order valence-corrected chi connectivity index (χ1v) is 7.79. The first-order valence-electron chi connectivity index (χ1n) is 7.79. The lowest BCUT2D eigenvalue weighted by Crippen LogP contribution is -2.48. The highest BCUT2D eigenvalue weighted by Crippen LogP contribution is 2.47. The van der Waals surface area contributed by atoms with Gasteiger partial charge in [0, 0.05) is 0 Å². The van der Waals surface area contributed by atoms with E-state index in [0.29, 0.717) is 5.92 Å². The van der Waals surface area contributed by atoms with E-state index in [-0.39, 0.29) is 23.7 Å². The Hall–Kier alpha value is -1.85. The van der Waals surface area contributed by atoms with Crippen molar-refractivity contribution in [2.45, 2.75) is 45.3 Å². The van der Waals surface area contributed by atoms with Crippen LogP contribution in [0.15, 0.2) is 12.2 Å². The Bertz CT molecular complexity index is 545. The van der Waals surface area contributed by atoms with E-state index in [1.165, 1.54) is 0 Å². The van der Waals surface area contributed by atoms with E-state index in [2.05, 4.69) is 10.6 Å². The lowest BCUT2D eigenvalue weighted by atomic mass is 9.73. The minimum absolute atomic E-state index is 0.105. The fourth-order valence-electron chi connectivity index (χ4n) is 3.42. The van der Waals surface area contributed by atoms with Gasteiger partial charge < -0.3 is 10.1 Å². The fourth-order valence-corrected chi connectivity index (χ4v) is 3.42. The molecule has 0 spiro atoms. The van der Waals surface area contributed by atoms with Gasteiger partial charge in [-0.2, -0.15) is 0 Å². The van der Waals surface area contributed by atoms with Gasteiger partial charge in [0.05, 0.1) is 17.9 Å². The quantitative estimate of drug-likeness (QED) is 0.596. The monoisotopic (exact) mass is 306 g/mol. The number of hydrogen-bond donors (Lipinski definition) is 2. The van der Waals surface area contributed by atoms with E-state index in [1.54, 1.807) is 20.8 Å². The van der Waals surface area contributed by atoms with Crippen LogP contribution in [0.1, 0.15) is 33.6 Å². The maximum Gasteiger partial charge on any atom is 0.408 e. The summed E-state index contributed by atoms with van der Waals surface area (Å²) in [6.07, 6.45) is 5.46. The zero-order valence-corrected chi connectivity index (χ0v) is 13.1. The summed E-state index contributed by atoms with van der Waals surface area (Å²) >= 11 is 0. The minimum Gasteiger partial charge on any atom is -0.444 e. The molecule has 1 saturated carbocycles. The Kier molecular flexibility index (Phi) is 3.50. The number of fused-ring (bicyclic) bond motifs is 1. The molecule has 2 aliphatic carbocycles. The van der Waals surface area contributed by atoms with Gasteiger partial charge in [-0.3, -0.25) is 14.9 Å².